The zero-order valence-electron chi connectivity index (χ0n) is 16.3. The van der Waals surface area contributed by atoms with Crippen LogP contribution in [0.3, 0.4) is 0 Å². The minimum atomic E-state index is 0.0105. The highest BCUT2D eigenvalue weighted by atomic mass is 32.2. The molecule has 4 heteroatoms. The van der Waals surface area contributed by atoms with E-state index in [1.165, 1.54) is 0 Å². The molecule has 3 nitrogen and oxygen atoms in total. The second-order valence-electron chi connectivity index (χ2n) is 7.23. The number of anilines is 1. The molecule has 0 radical (unpaired) electrons. The van der Waals surface area contributed by atoms with E-state index in [4.69, 9.17) is 4.99 Å². The Morgan fingerprint density at radius 1 is 0.833 bits per heavy atom. The molecule has 0 bridgehead atoms. The number of aliphatic imine (C=N–C) groups is 1. The Kier molecular flexibility index (Phi) is 5.08. The van der Waals surface area contributed by atoms with Crippen LogP contribution < -0.4 is 5.32 Å². The van der Waals surface area contributed by atoms with Gasteiger partial charge in [-0.15, -0.1) is 0 Å². The fraction of sp³-hybridized carbons (Fsp3) is 0.0769. The third-order valence-corrected chi connectivity index (χ3v) is 6.37. The Morgan fingerprint density at radius 3 is 2.47 bits per heavy atom. The van der Waals surface area contributed by atoms with Crippen LogP contribution in [0, 0.1) is 0 Å². The van der Waals surface area contributed by atoms with E-state index in [1.807, 2.05) is 91.0 Å². The molecular weight excluding hydrogens is 388 g/mol. The Morgan fingerprint density at radius 2 is 1.57 bits per heavy atom. The van der Waals surface area contributed by atoms with Gasteiger partial charge in [-0.3, -0.25) is 4.79 Å². The standard InChI is InChI=1S/C26H20N2OS/c29-24(21-15-8-10-18-9-4-5-13-20(18)21)17-25-22-14-6-7-16-23(22)28-26(30-25)27-19-11-2-1-3-12-19/h1-16,25H,17H2,(H,27,28). The van der Waals surface area contributed by atoms with Gasteiger partial charge < -0.3 is 5.32 Å². The van der Waals surface area contributed by atoms with E-state index in [-0.39, 0.29) is 11.0 Å². The molecule has 1 atom stereocenters. The molecule has 1 unspecified atom stereocenters. The minimum absolute atomic E-state index is 0.0105. The second kappa shape index (κ2) is 8.17. The van der Waals surface area contributed by atoms with Crippen LogP contribution in [0.4, 0.5) is 11.4 Å². The van der Waals surface area contributed by atoms with Gasteiger partial charge in [0.15, 0.2) is 11.0 Å². The summed E-state index contributed by atoms with van der Waals surface area (Å²) in [6.45, 7) is 0. The summed E-state index contributed by atoms with van der Waals surface area (Å²) in [7, 11) is 0. The Balaban J connectivity index is 1.45. The van der Waals surface area contributed by atoms with Gasteiger partial charge in [0, 0.05) is 22.9 Å². The number of Topliss-reactive ketones (excluding diaryl/α,β-unsaturated/α-hetero) is 1. The van der Waals surface area contributed by atoms with Crippen LogP contribution in [-0.2, 0) is 0 Å². The Hall–Kier alpha value is -3.37. The maximum absolute atomic E-state index is 13.3. The molecule has 4 aromatic carbocycles. The molecule has 1 aliphatic heterocycles. The summed E-state index contributed by atoms with van der Waals surface area (Å²) in [5.41, 5.74) is 3.80. The van der Waals surface area contributed by atoms with Crippen LogP contribution in [0.2, 0.25) is 0 Å². The number of ketones is 1. The smallest absolute Gasteiger partial charge is 0.166 e. The SMILES string of the molecule is O=C(CC1SC(Nc2ccccc2)=Nc2ccccc21)c1cccc2ccccc12. The zero-order chi connectivity index (χ0) is 20.3. The summed E-state index contributed by atoms with van der Waals surface area (Å²) in [5, 5.41) is 6.32. The lowest BCUT2D eigenvalue weighted by Crippen LogP contribution is -2.16. The van der Waals surface area contributed by atoms with Crippen molar-refractivity contribution < 1.29 is 4.79 Å². The molecule has 0 aromatic heterocycles. The molecule has 1 N–H and O–H groups in total. The topological polar surface area (TPSA) is 41.5 Å². The van der Waals surface area contributed by atoms with Gasteiger partial charge in [0.25, 0.3) is 0 Å². The first-order valence-corrected chi connectivity index (χ1v) is 10.8. The molecule has 1 heterocycles. The molecule has 0 saturated heterocycles. The van der Waals surface area contributed by atoms with Crippen molar-refractivity contribution in [1.82, 2.24) is 0 Å². The van der Waals surface area contributed by atoms with E-state index < -0.39 is 0 Å². The lowest BCUT2D eigenvalue weighted by molar-refractivity contribution is 0.0983. The predicted octanol–water partition coefficient (Wildman–Crippen LogP) is 7.00. The van der Waals surface area contributed by atoms with Crippen molar-refractivity contribution in [2.24, 2.45) is 4.99 Å². The number of amidine groups is 1. The third-order valence-electron chi connectivity index (χ3n) is 5.25. The molecule has 30 heavy (non-hydrogen) atoms. The number of nitrogens with zero attached hydrogens (tertiary/aromatic N) is 1. The largest absolute Gasteiger partial charge is 0.335 e. The number of fused-ring (bicyclic) bond motifs is 2. The first-order chi connectivity index (χ1) is 14.8. The number of thioether (sulfide) groups is 1. The first kappa shape index (κ1) is 18.6. The molecule has 0 aliphatic carbocycles. The summed E-state index contributed by atoms with van der Waals surface area (Å²) in [6.07, 6.45) is 0.422. The lowest BCUT2D eigenvalue weighted by Gasteiger charge is -2.24. The monoisotopic (exact) mass is 408 g/mol. The van der Waals surface area contributed by atoms with E-state index in [9.17, 15) is 4.79 Å². The quantitative estimate of drug-likeness (QED) is 0.370. The van der Waals surface area contributed by atoms with Gasteiger partial charge in [-0.25, -0.2) is 4.99 Å². The molecule has 4 aromatic rings. The highest BCUT2D eigenvalue weighted by molar-refractivity contribution is 8.14. The molecule has 0 saturated carbocycles. The molecule has 0 amide bonds. The van der Waals surface area contributed by atoms with Gasteiger partial charge in [-0.05, 0) is 34.5 Å². The van der Waals surface area contributed by atoms with Gasteiger partial charge in [0.1, 0.15) is 0 Å². The molecule has 5 rings (SSSR count). The van der Waals surface area contributed by atoms with Gasteiger partial charge >= 0.3 is 0 Å². The van der Waals surface area contributed by atoms with Crippen molar-refractivity contribution in [2.45, 2.75) is 11.7 Å². The van der Waals surface area contributed by atoms with E-state index in [0.717, 1.165) is 38.4 Å². The summed E-state index contributed by atoms with van der Waals surface area (Å²) >= 11 is 1.62. The van der Waals surface area contributed by atoms with Crippen molar-refractivity contribution in [1.29, 1.82) is 0 Å². The maximum Gasteiger partial charge on any atom is 0.166 e. The maximum atomic E-state index is 13.3. The summed E-state index contributed by atoms with van der Waals surface area (Å²) in [6, 6.07) is 32.1. The van der Waals surface area contributed by atoms with Gasteiger partial charge in [-0.2, -0.15) is 0 Å². The Labute approximate surface area is 179 Å². The van der Waals surface area contributed by atoms with E-state index >= 15 is 0 Å². The molecule has 146 valence electrons. The second-order valence-corrected chi connectivity index (χ2v) is 8.42. The number of hydrogen-bond donors (Lipinski definition) is 1. The number of carbonyl (C=O) groups is 1. The third kappa shape index (κ3) is 3.74. The predicted molar refractivity (Wildman–Crippen MR) is 127 cm³/mol. The normalized spacial score (nSPS) is 15.3. The minimum Gasteiger partial charge on any atom is -0.335 e. The number of benzene rings is 4. The fourth-order valence-corrected chi connectivity index (χ4v) is 4.95. The average Bonchev–Trinajstić information content (AvgIpc) is 2.79. The number of para-hydroxylation sites is 2. The van der Waals surface area contributed by atoms with Crippen LogP contribution in [-0.4, -0.2) is 11.0 Å². The fourth-order valence-electron chi connectivity index (χ4n) is 3.80. The lowest BCUT2D eigenvalue weighted by atomic mass is 9.97. The number of carbonyl (C=O) groups excluding carboxylic acids is 1. The van der Waals surface area contributed by atoms with Crippen LogP contribution in [0.25, 0.3) is 10.8 Å². The first-order valence-electron chi connectivity index (χ1n) is 9.95. The van der Waals surface area contributed by atoms with Gasteiger partial charge in [0.2, 0.25) is 0 Å². The number of rotatable bonds is 4. The number of hydrogen-bond acceptors (Lipinski definition) is 4. The van der Waals surface area contributed by atoms with Crippen LogP contribution >= 0.6 is 11.8 Å². The number of nitrogens with one attached hydrogen (secondary N) is 1. The van der Waals surface area contributed by atoms with Crippen molar-refractivity contribution in [2.75, 3.05) is 5.32 Å². The van der Waals surface area contributed by atoms with Crippen LogP contribution in [0.15, 0.2) is 102 Å². The van der Waals surface area contributed by atoms with E-state index in [0.29, 0.717) is 6.42 Å². The Bertz CT molecular complexity index is 1240. The molecule has 0 fully saturated rings. The van der Waals surface area contributed by atoms with Gasteiger partial charge in [-0.1, -0.05) is 90.6 Å². The van der Waals surface area contributed by atoms with Crippen molar-refractivity contribution in [3.05, 3.63) is 108 Å². The molecular formula is C26H20N2OS. The van der Waals surface area contributed by atoms with E-state index in [1.54, 1.807) is 11.8 Å². The van der Waals surface area contributed by atoms with Crippen LogP contribution in [0.5, 0.6) is 0 Å². The van der Waals surface area contributed by atoms with Crippen molar-refractivity contribution in [3.63, 3.8) is 0 Å². The average molecular weight is 409 g/mol. The van der Waals surface area contributed by atoms with Crippen molar-refractivity contribution >= 4 is 44.9 Å². The molecule has 1 aliphatic rings. The summed E-state index contributed by atoms with van der Waals surface area (Å²) < 4.78 is 0. The summed E-state index contributed by atoms with van der Waals surface area (Å²) in [5.74, 6) is 0.153. The van der Waals surface area contributed by atoms with E-state index in [2.05, 4.69) is 11.4 Å². The molecule has 0 spiro atoms. The zero-order valence-corrected chi connectivity index (χ0v) is 17.1. The van der Waals surface area contributed by atoms with Crippen molar-refractivity contribution in [3.8, 4) is 0 Å². The highest BCUT2D eigenvalue weighted by Crippen LogP contribution is 2.43. The highest BCUT2D eigenvalue weighted by Gasteiger charge is 2.26. The summed E-state index contributed by atoms with van der Waals surface area (Å²) in [4.78, 5) is 18.1. The van der Waals surface area contributed by atoms with Crippen LogP contribution in [0.1, 0.15) is 27.6 Å². The van der Waals surface area contributed by atoms with Gasteiger partial charge in [0.05, 0.1) is 5.69 Å².